The zero-order chi connectivity index (χ0) is 29.4. The average molecular weight is 609 g/mol. The monoisotopic (exact) mass is 608 g/mol. The van der Waals surface area contributed by atoms with Crippen molar-refractivity contribution < 1.29 is 21.6 Å². The molecule has 0 atom stereocenters. The van der Waals surface area contributed by atoms with Crippen LogP contribution in [0.4, 0.5) is 42.1 Å². The van der Waals surface area contributed by atoms with Crippen molar-refractivity contribution in [2.75, 3.05) is 45.7 Å². The van der Waals surface area contributed by atoms with Crippen LogP contribution < -0.4 is 19.8 Å². The fourth-order valence-electron chi connectivity index (χ4n) is 5.30. The summed E-state index contributed by atoms with van der Waals surface area (Å²) in [7, 11) is -5.45. The van der Waals surface area contributed by atoms with Crippen LogP contribution in [0, 0.1) is 5.92 Å². The normalized spacial score (nSPS) is 16.5. The van der Waals surface area contributed by atoms with Crippen molar-refractivity contribution in [3.05, 3.63) is 48.3 Å². The first-order chi connectivity index (χ1) is 19.4. The van der Waals surface area contributed by atoms with Gasteiger partial charge in [0.05, 0.1) is 5.69 Å². The summed E-state index contributed by atoms with van der Waals surface area (Å²) in [5.41, 5.74) is -4.50. The highest BCUT2D eigenvalue weighted by molar-refractivity contribution is 7.98. The molecule has 10 nitrogen and oxygen atoms in total. The van der Waals surface area contributed by atoms with Gasteiger partial charge in [0.15, 0.2) is 5.16 Å². The minimum absolute atomic E-state index is 0.0364. The Morgan fingerprint density at radius 2 is 1.68 bits per heavy atom. The number of alkyl halides is 3. The van der Waals surface area contributed by atoms with E-state index in [-0.39, 0.29) is 24.2 Å². The van der Waals surface area contributed by atoms with Crippen LogP contribution in [0.25, 0.3) is 0 Å². The van der Waals surface area contributed by atoms with Gasteiger partial charge in [-0.2, -0.15) is 21.6 Å². The Morgan fingerprint density at radius 3 is 2.34 bits per heavy atom. The van der Waals surface area contributed by atoms with Crippen molar-refractivity contribution in [2.45, 2.75) is 49.3 Å². The number of aromatic nitrogens is 4. The van der Waals surface area contributed by atoms with Crippen molar-refractivity contribution in [1.29, 1.82) is 0 Å². The Labute approximate surface area is 241 Å². The van der Waals surface area contributed by atoms with Crippen LogP contribution in [-0.4, -0.2) is 65.3 Å². The maximum atomic E-state index is 13.1. The Kier molecular flexibility index (Phi) is 7.94. The lowest BCUT2D eigenvalue weighted by Gasteiger charge is -2.41. The molecule has 0 saturated carbocycles. The van der Waals surface area contributed by atoms with E-state index in [4.69, 9.17) is 0 Å². The quantitative estimate of drug-likeness (QED) is 0.266. The molecule has 0 aliphatic carbocycles. The van der Waals surface area contributed by atoms with Crippen molar-refractivity contribution >= 4 is 50.7 Å². The summed E-state index contributed by atoms with van der Waals surface area (Å²) in [6.07, 6.45) is 7.47. The third kappa shape index (κ3) is 6.15. The van der Waals surface area contributed by atoms with E-state index < -0.39 is 15.5 Å². The summed E-state index contributed by atoms with van der Waals surface area (Å²) in [4.78, 5) is 20.1. The van der Waals surface area contributed by atoms with Gasteiger partial charge in [-0.3, -0.25) is 4.31 Å². The highest BCUT2D eigenvalue weighted by Crippen LogP contribution is 2.38. The van der Waals surface area contributed by atoms with E-state index in [1.165, 1.54) is 17.8 Å². The Bertz CT molecular complexity index is 1500. The Morgan fingerprint density at radius 1 is 1.00 bits per heavy atom. The van der Waals surface area contributed by atoms with Crippen LogP contribution in [0.2, 0.25) is 0 Å². The molecule has 0 bridgehead atoms. The van der Waals surface area contributed by atoms with Gasteiger partial charge in [-0.25, -0.2) is 19.9 Å². The van der Waals surface area contributed by atoms with Crippen LogP contribution in [0.3, 0.4) is 0 Å². The number of benzene rings is 1. The van der Waals surface area contributed by atoms with E-state index in [1.807, 2.05) is 6.26 Å². The van der Waals surface area contributed by atoms with Crippen molar-refractivity contribution in [3.8, 4) is 0 Å². The molecule has 3 aromatic rings. The van der Waals surface area contributed by atoms with Crippen LogP contribution in [0.1, 0.15) is 32.3 Å². The van der Waals surface area contributed by atoms with Gasteiger partial charge >= 0.3 is 15.5 Å². The molecule has 1 fully saturated rings. The Hall–Kier alpha value is -3.33. The van der Waals surface area contributed by atoms with E-state index in [1.54, 1.807) is 36.7 Å². The summed E-state index contributed by atoms with van der Waals surface area (Å²) < 4.78 is 63.7. The molecule has 2 aliphatic heterocycles. The number of nitrogens with zero attached hydrogens (tertiary/aromatic N) is 6. The van der Waals surface area contributed by atoms with Crippen molar-refractivity contribution in [1.82, 2.24) is 19.9 Å². The number of rotatable bonds is 8. The summed E-state index contributed by atoms with van der Waals surface area (Å²) in [6.45, 7) is 5.76. The van der Waals surface area contributed by atoms with Crippen molar-refractivity contribution in [2.24, 2.45) is 5.92 Å². The lowest BCUT2D eigenvalue weighted by atomic mass is 9.80. The number of piperidine rings is 1. The largest absolute Gasteiger partial charge is 0.516 e. The van der Waals surface area contributed by atoms with E-state index in [0.717, 1.165) is 31.9 Å². The molecule has 1 saturated heterocycles. The first-order valence-electron chi connectivity index (χ1n) is 13.1. The molecule has 41 heavy (non-hydrogen) atoms. The van der Waals surface area contributed by atoms with Gasteiger partial charge in [-0.05, 0) is 75.1 Å². The third-order valence-electron chi connectivity index (χ3n) is 7.48. The van der Waals surface area contributed by atoms with E-state index >= 15 is 0 Å². The maximum absolute atomic E-state index is 13.1. The topological polar surface area (TPSA) is 116 Å². The lowest BCUT2D eigenvalue weighted by Crippen LogP contribution is -2.46. The molecular weight excluding hydrogens is 577 g/mol. The predicted octanol–water partition coefficient (Wildman–Crippen LogP) is 5.05. The maximum Gasteiger partial charge on any atom is 0.516 e. The van der Waals surface area contributed by atoms with Gasteiger partial charge in [0.2, 0.25) is 5.95 Å². The standard InChI is InChI=1S/C26H31F3N8O2S2/c1-25(2,18-8-12-36(13-9-18)23-30-10-4-11-31-23)35-22-16-21(33-24(34-22)40-3)32-19-5-6-20-17(15-19)7-14-37(20)41(38,39)26(27,28)29/h4-6,10-11,15-16,18H,7-9,12-14H2,1-3H3,(H2,32,33,34,35). The summed E-state index contributed by atoms with van der Waals surface area (Å²) >= 11 is 1.39. The number of anilines is 5. The molecule has 15 heteroatoms. The van der Waals surface area contributed by atoms with Gasteiger partial charge in [-0.15, -0.1) is 0 Å². The van der Waals surface area contributed by atoms with Gasteiger partial charge < -0.3 is 15.5 Å². The molecule has 0 spiro atoms. The lowest BCUT2D eigenvalue weighted by molar-refractivity contribution is -0.0437. The molecule has 2 aliphatic rings. The highest BCUT2D eigenvalue weighted by Gasteiger charge is 2.51. The molecule has 5 rings (SSSR count). The molecule has 2 aromatic heterocycles. The molecule has 0 unspecified atom stereocenters. The Balaban J connectivity index is 1.29. The second-order valence-electron chi connectivity index (χ2n) is 10.5. The number of sulfonamides is 1. The number of nitrogens with one attached hydrogen (secondary N) is 2. The number of hydrogen-bond donors (Lipinski definition) is 2. The minimum Gasteiger partial charge on any atom is -0.365 e. The minimum atomic E-state index is -5.45. The molecule has 0 radical (unpaired) electrons. The molecule has 1 aromatic carbocycles. The van der Waals surface area contributed by atoms with Crippen LogP contribution in [-0.2, 0) is 16.4 Å². The van der Waals surface area contributed by atoms with E-state index in [0.29, 0.717) is 38.3 Å². The number of fused-ring (bicyclic) bond motifs is 1. The van der Waals surface area contributed by atoms with Gasteiger partial charge in [-0.1, -0.05) is 11.8 Å². The molecule has 220 valence electrons. The second-order valence-corrected chi connectivity index (χ2v) is 13.2. The fraction of sp³-hybridized carbons (Fsp3) is 0.462. The smallest absolute Gasteiger partial charge is 0.365 e. The van der Waals surface area contributed by atoms with Gasteiger partial charge in [0.25, 0.3) is 0 Å². The zero-order valence-electron chi connectivity index (χ0n) is 22.8. The summed E-state index contributed by atoms with van der Waals surface area (Å²) in [5, 5.41) is 7.34. The predicted molar refractivity (Wildman–Crippen MR) is 154 cm³/mol. The fourth-order valence-corrected chi connectivity index (χ4v) is 6.70. The number of halogens is 3. The number of hydrogen-bond acceptors (Lipinski definition) is 10. The average Bonchev–Trinajstić information content (AvgIpc) is 3.37. The summed E-state index contributed by atoms with van der Waals surface area (Å²) in [5.74, 6) is 2.28. The zero-order valence-corrected chi connectivity index (χ0v) is 24.4. The van der Waals surface area contributed by atoms with Gasteiger partial charge in [0, 0.05) is 49.3 Å². The first-order valence-corrected chi connectivity index (χ1v) is 15.8. The number of thioether (sulfide) groups is 1. The van der Waals surface area contributed by atoms with E-state index in [2.05, 4.69) is 49.3 Å². The second kappa shape index (κ2) is 11.2. The SMILES string of the molecule is CSc1nc(Nc2ccc3c(c2)CCN3S(=O)(=O)C(F)(F)F)cc(NC(C)(C)C2CCN(c3ncccn3)CC2)n1. The van der Waals surface area contributed by atoms with Crippen LogP contribution in [0.15, 0.2) is 47.9 Å². The van der Waals surface area contributed by atoms with Crippen LogP contribution >= 0.6 is 11.8 Å². The van der Waals surface area contributed by atoms with Gasteiger partial charge in [0.1, 0.15) is 11.6 Å². The molecular formula is C26H31F3N8O2S2. The van der Waals surface area contributed by atoms with E-state index in [9.17, 15) is 21.6 Å². The molecule has 2 N–H and O–H groups in total. The van der Waals surface area contributed by atoms with Crippen LogP contribution in [0.5, 0.6) is 0 Å². The first kappa shape index (κ1) is 29.2. The van der Waals surface area contributed by atoms with Crippen molar-refractivity contribution in [3.63, 3.8) is 0 Å². The molecule has 4 heterocycles. The highest BCUT2D eigenvalue weighted by atomic mass is 32.2. The third-order valence-corrected chi connectivity index (χ3v) is 9.57. The summed E-state index contributed by atoms with van der Waals surface area (Å²) in [6, 6.07) is 8.19. The molecule has 0 amide bonds.